The highest BCUT2D eigenvalue weighted by atomic mass is 19.3. The molecule has 1 aromatic carbocycles. The van der Waals surface area contributed by atoms with Gasteiger partial charge in [0.05, 0.1) is 5.52 Å². The molecule has 2 aromatic rings. The molecular formula is C18H19F2N3O. The highest BCUT2D eigenvalue weighted by Crippen LogP contribution is 2.19. The maximum absolute atomic E-state index is 12.8. The molecule has 3 rings (SSSR count). The fraction of sp³-hybridized carbons (Fsp3) is 0.333. The zero-order valence-corrected chi connectivity index (χ0v) is 13.5. The second-order valence-electron chi connectivity index (χ2n) is 5.96. The SMILES string of the molecule is CC(F)(F)/C=C/C(=O)N1CCN(c2ccc3ccccc3n2)CC1. The van der Waals surface area contributed by atoms with Gasteiger partial charge in [-0.05, 0) is 24.3 Å². The topological polar surface area (TPSA) is 36.4 Å². The fourth-order valence-electron chi connectivity index (χ4n) is 2.71. The first-order valence-electron chi connectivity index (χ1n) is 7.89. The molecule has 1 aromatic heterocycles. The Morgan fingerprint density at radius 1 is 1.12 bits per heavy atom. The van der Waals surface area contributed by atoms with Gasteiger partial charge in [-0.2, -0.15) is 0 Å². The first-order valence-corrected chi connectivity index (χ1v) is 7.89. The van der Waals surface area contributed by atoms with Crippen LogP contribution in [-0.4, -0.2) is 47.9 Å². The van der Waals surface area contributed by atoms with Gasteiger partial charge in [-0.15, -0.1) is 0 Å². The lowest BCUT2D eigenvalue weighted by atomic mass is 10.2. The number of pyridine rings is 1. The maximum Gasteiger partial charge on any atom is 0.264 e. The number of anilines is 1. The van der Waals surface area contributed by atoms with Crippen molar-refractivity contribution >= 4 is 22.6 Å². The molecule has 0 N–H and O–H groups in total. The summed E-state index contributed by atoms with van der Waals surface area (Å²) < 4.78 is 25.6. The minimum atomic E-state index is -2.97. The van der Waals surface area contributed by atoms with E-state index in [9.17, 15) is 13.6 Å². The van der Waals surface area contributed by atoms with E-state index in [0.29, 0.717) is 32.3 Å². The number of aromatic nitrogens is 1. The number of hydrogen-bond donors (Lipinski definition) is 0. The highest BCUT2D eigenvalue weighted by molar-refractivity contribution is 5.88. The van der Waals surface area contributed by atoms with Gasteiger partial charge < -0.3 is 9.80 Å². The van der Waals surface area contributed by atoms with Gasteiger partial charge in [0.1, 0.15) is 5.82 Å². The Morgan fingerprint density at radius 2 is 1.83 bits per heavy atom. The van der Waals surface area contributed by atoms with E-state index in [1.165, 1.54) is 0 Å². The molecule has 0 bridgehead atoms. The number of carbonyl (C=O) groups excluding carboxylic acids is 1. The molecule has 126 valence electrons. The molecule has 1 aliphatic heterocycles. The van der Waals surface area contributed by atoms with Gasteiger partial charge in [-0.25, -0.2) is 13.8 Å². The zero-order chi connectivity index (χ0) is 17.2. The molecule has 1 amide bonds. The van der Waals surface area contributed by atoms with Crippen LogP contribution >= 0.6 is 0 Å². The standard InChI is InChI=1S/C18H19F2N3O/c1-18(19,20)9-8-17(24)23-12-10-22(11-13-23)16-7-6-14-4-2-3-5-15(14)21-16/h2-9H,10-13H2,1H3/b9-8+. The number of allylic oxidation sites excluding steroid dienone is 1. The average Bonchev–Trinajstić information content (AvgIpc) is 2.59. The summed E-state index contributed by atoms with van der Waals surface area (Å²) in [6, 6.07) is 11.9. The summed E-state index contributed by atoms with van der Waals surface area (Å²) in [7, 11) is 0. The van der Waals surface area contributed by atoms with Gasteiger partial charge in [0, 0.05) is 44.6 Å². The number of hydrogen-bond acceptors (Lipinski definition) is 3. The first-order chi connectivity index (χ1) is 11.4. The number of amides is 1. The monoisotopic (exact) mass is 331 g/mol. The summed E-state index contributed by atoms with van der Waals surface area (Å²) in [4.78, 5) is 20.3. The fourth-order valence-corrected chi connectivity index (χ4v) is 2.71. The van der Waals surface area contributed by atoms with E-state index in [4.69, 9.17) is 0 Å². The molecule has 4 nitrogen and oxygen atoms in total. The van der Waals surface area contributed by atoms with Crippen LogP contribution in [0.15, 0.2) is 48.6 Å². The van der Waals surface area contributed by atoms with Crippen LogP contribution in [0.4, 0.5) is 14.6 Å². The molecule has 0 atom stereocenters. The Kier molecular flexibility index (Phi) is 4.46. The van der Waals surface area contributed by atoms with Crippen LogP contribution in [0.3, 0.4) is 0 Å². The van der Waals surface area contributed by atoms with Crippen molar-refractivity contribution in [1.29, 1.82) is 0 Å². The Morgan fingerprint density at radius 3 is 2.54 bits per heavy atom. The van der Waals surface area contributed by atoms with Crippen LogP contribution < -0.4 is 4.90 Å². The van der Waals surface area contributed by atoms with Crippen molar-refractivity contribution in [2.75, 3.05) is 31.1 Å². The molecule has 0 saturated carbocycles. The van der Waals surface area contributed by atoms with Gasteiger partial charge >= 0.3 is 0 Å². The van der Waals surface area contributed by atoms with Crippen molar-refractivity contribution < 1.29 is 13.6 Å². The Balaban J connectivity index is 1.64. The van der Waals surface area contributed by atoms with E-state index in [2.05, 4.69) is 9.88 Å². The number of halogens is 2. The molecule has 0 radical (unpaired) electrons. The molecule has 2 heterocycles. The first kappa shape index (κ1) is 16.4. The molecule has 1 fully saturated rings. The van der Waals surface area contributed by atoms with Crippen LogP contribution in [0, 0.1) is 0 Å². The summed E-state index contributed by atoms with van der Waals surface area (Å²) in [6.07, 6.45) is 1.61. The number of nitrogens with zero attached hydrogens (tertiary/aromatic N) is 3. The number of benzene rings is 1. The van der Waals surface area contributed by atoms with E-state index in [0.717, 1.165) is 29.7 Å². The summed E-state index contributed by atoms with van der Waals surface area (Å²) in [5, 5.41) is 1.08. The van der Waals surface area contributed by atoms with E-state index >= 15 is 0 Å². The van der Waals surface area contributed by atoms with Crippen molar-refractivity contribution in [3.63, 3.8) is 0 Å². The Bertz CT molecular complexity index is 762. The number of para-hydroxylation sites is 1. The maximum atomic E-state index is 12.8. The van der Waals surface area contributed by atoms with Crippen LogP contribution in [0.2, 0.25) is 0 Å². The molecular weight excluding hydrogens is 312 g/mol. The zero-order valence-electron chi connectivity index (χ0n) is 13.5. The summed E-state index contributed by atoms with van der Waals surface area (Å²) in [6.45, 7) is 3.01. The molecule has 0 spiro atoms. The predicted molar refractivity (Wildman–Crippen MR) is 90.3 cm³/mol. The number of piperazine rings is 1. The van der Waals surface area contributed by atoms with E-state index in [1.54, 1.807) is 4.90 Å². The van der Waals surface area contributed by atoms with Crippen molar-refractivity contribution in [2.24, 2.45) is 0 Å². The normalized spacial score (nSPS) is 16.1. The second kappa shape index (κ2) is 6.55. The Labute approximate surface area is 139 Å². The van der Waals surface area contributed by atoms with Crippen LogP contribution in [0.25, 0.3) is 10.9 Å². The molecule has 0 unspecified atom stereocenters. The minimum absolute atomic E-state index is 0.373. The third-order valence-electron chi connectivity index (χ3n) is 4.02. The molecule has 24 heavy (non-hydrogen) atoms. The van der Waals surface area contributed by atoms with E-state index in [-0.39, 0.29) is 5.91 Å². The number of alkyl halides is 2. The third-order valence-corrected chi connectivity index (χ3v) is 4.02. The predicted octanol–water partition coefficient (Wildman–Crippen LogP) is 3.09. The quantitative estimate of drug-likeness (QED) is 0.811. The van der Waals surface area contributed by atoms with Crippen LogP contribution in [-0.2, 0) is 4.79 Å². The molecule has 6 heteroatoms. The second-order valence-corrected chi connectivity index (χ2v) is 5.96. The number of fused-ring (bicyclic) bond motifs is 1. The van der Waals surface area contributed by atoms with Gasteiger partial charge in [-0.1, -0.05) is 18.2 Å². The van der Waals surface area contributed by atoms with Crippen molar-refractivity contribution in [2.45, 2.75) is 12.8 Å². The van der Waals surface area contributed by atoms with Crippen LogP contribution in [0.5, 0.6) is 0 Å². The van der Waals surface area contributed by atoms with Crippen molar-refractivity contribution in [1.82, 2.24) is 9.88 Å². The lowest BCUT2D eigenvalue weighted by Crippen LogP contribution is -2.48. The smallest absolute Gasteiger partial charge is 0.264 e. The van der Waals surface area contributed by atoms with Crippen molar-refractivity contribution in [3.05, 3.63) is 48.6 Å². The highest BCUT2D eigenvalue weighted by Gasteiger charge is 2.22. The van der Waals surface area contributed by atoms with E-state index in [1.807, 2.05) is 36.4 Å². The summed E-state index contributed by atoms with van der Waals surface area (Å²) in [5.41, 5.74) is 0.932. The Hall–Kier alpha value is -2.50. The summed E-state index contributed by atoms with van der Waals surface area (Å²) in [5.74, 6) is -2.47. The molecule has 1 saturated heterocycles. The number of rotatable bonds is 3. The summed E-state index contributed by atoms with van der Waals surface area (Å²) >= 11 is 0. The minimum Gasteiger partial charge on any atom is -0.353 e. The van der Waals surface area contributed by atoms with Gasteiger partial charge in [0.15, 0.2) is 0 Å². The molecule has 0 aliphatic carbocycles. The van der Waals surface area contributed by atoms with E-state index < -0.39 is 5.92 Å². The molecule has 1 aliphatic rings. The lowest BCUT2D eigenvalue weighted by Gasteiger charge is -2.35. The lowest BCUT2D eigenvalue weighted by molar-refractivity contribution is -0.126. The average molecular weight is 331 g/mol. The van der Waals surface area contributed by atoms with Crippen molar-refractivity contribution in [3.8, 4) is 0 Å². The van der Waals surface area contributed by atoms with Gasteiger partial charge in [0.25, 0.3) is 5.92 Å². The van der Waals surface area contributed by atoms with Gasteiger partial charge in [-0.3, -0.25) is 4.79 Å². The number of carbonyl (C=O) groups is 1. The third kappa shape index (κ3) is 3.88. The van der Waals surface area contributed by atoms with Gasteiger partial charge in [0.2, 0.25) is 5.91 Å². The van der Waals surface area contributed by atoms with Crippen LogP contribution in [0.1, 0.15) is 6.92 Å². The largest absolute Gasteiger partial charge is 0.353 e.